The standard InChI is InChI=1S/C13H19N3O5/c1-2-8-11(18)14-10(17)7-16(8)13(21)15-6-4-3-5-9(15)12(19)20/h8-9H,2-7H2,1H3,(H,19,20)(H,14,17,18). The van der Waals surface area contributed by atoms with Crippen LogP contribution in [0.2, 0.25) is 0 Å². The monoisotopic (exact) mass is 297 g/mol. The number of aliphatic carboxylic acids is 1. The molecule has 116 valence electrons. The number of hydrogen-bond acceptors (Lipinski definition) is 4. The van der Waals surface area contributed by atoms with Crippen molar-refractivity contribution in [2.24, 2.45) is 0 Å². The molecule has 0 spiro atoms. The highest BCUT2D eigenvalue weighted by molar-refractivity contribution is 6.04. The quantitative estimate of drug-likeness (QED) is 0.685. The molecule has 8 heteroatoms. The Bertz CT molecular complexity index is 478. The topological polar surface area (TPSA) is 107 Å². The average molecular weight is 297 g/mol. The summed E-state index contributed by atoms with van der Waals surface area (Å²) in [5, 5.41) is 11.4. The predicted molar refractivity (Wildman–Crippen MR) is 71.3 cm³/mol. The van der Waals surface area contributed by atoms with Gasteiger partial charge in [0.25, 0.3) is 0 Å². The molecule has 2 aliphatic heterocycles. The van der Waals surface area contributed by atoms with Crippen molar-refractivity contribution in [3.63, 3.8) is 0 Å². The molecule has 2 unspecified atom stereocenters. The summed E-state index contributed by atoms with van der Waals surface area (Å²) in [7, 11) is 0. The number of carbonyl (C=O) groups excluding carboxylic acids is 3. The Hall–Kier alpha value is -2.12. The van der Waals surface area contributed by atoms with E-state index in [9.17, 15) is 24.3 Å². The molecule has 0 aromatic carbocycles. The Kier molecular flexibility index (Phi) is 4.44. The number of carboxylic acids is 1. The van der Waals surface area contributed by atoms with Crippen LogP contribution in [0.15, 0.2) is 0 Å². The van der Waals surface area contributed by atoms with Gasteiger partial charge in [0.2, 0.25) is 11.8 Å². The van der Waals surface area contributed by atoms with E-state index in [4.69, 9.17) is 0 Å². The van der Waals surface area contributed by atoms with Gasteiger partial charge in [0.15, 0.2) is 0 Å². The van der Waals surface area contributed by atoms with Gasteiger partial charge < -0.3 is 14.9 Å². The van der Waals surface area contributed by atoms with Crippen LogP contribution in [0, 0.1) is 0 Å². The second kappa shape index (κ2) is 6.11. The van der Waals surface area contributed by atoms with Gasteiger partial charge in [-0.1, -0.05) is 6.92 Å². The van der Waals surface area contributed by atoms with Crippen molar-refractivity contribution >= 4 is 23.8 Å². The first-order valence-electron chi connectivity index (χ1n) is 7.09. The highest BCUT2D eigenvalue weighted by atomic mass is 16.4. The van der Waals surface area contributed by atoms with Crippen molar-refractivity contribution in [3.05, 3.63) is 0 Å². The Balaban J connectivity index is 2.21. The maximum absolute atomic E-state index is 12.6. The molecule has 0 radical (unpaired) electrons. The number of amides is 4. The van der Waals surface area contributed by atoms with Crippen molar-refractivity contribution < 1.29 is 24.3 Å². The Morgan fingerprint density at radius 3 is 2.62 bits per heavy atom. The van der Waals surface area contributed by atoms with Crippen molar-refractivity contribution in [2.75, 3.05) is 13.1 Å². The maximum atomic E-state index is 12.6. The summed E-state index contributed by atoms with van der Waals surface area (Å²) in [5.74, 6) is -2.10. The third-order valence-electron chi connectivity index (χ3n) is 3.92. The Labute approximate surface area is 122 Å². The van der Waals surface area contributed by atoms with Gasteiger partial charge in [0.1, 0.15) is 18.6 Å². The molecule has 8 nitrogen and oxygen atoms in total. The van der Waals surface area contributed by atoms with E-state index in [-0.39, 0.29) is 6.54 Å². The van der Waals surface area contributed by atoms with Crippen LogP contribution in [0.5, 0.6) is 0 Å². The zero-order chi connectivity index (χ0) is 15.6. The van der Waals surface area contributed by atoms with Gasteiger partial charge in [-0.05, 0) is 25.7 Å². The average Bonchev–Trinajstić information content (AvgIpc) is 2.45. The fourth-order valence-electron chi connectivity index (χ4n) is 2.86. The minimum atomic E-state index is -1.05. The summed E-state index contributed by atoms with van der Waals surface area (Å²) in [6.07, 6.45) is 2.24. The number of hydrogen-bond donors (Lipinski definition) is 2. The lowest BCUT2D eigenvalue weighted by atomic mass is 10.0. The molecule has 2 aliphatic rings. The summed E-state index contributed by atoms with van der Waals surface area (Å²) >= 11 is 0. The number of piperidine rings is 1. The lowest BCUT2D eigenvalue weighted by Gasteiger charge is -2.40. The molecule has 2 fully saturated rings. The van der Waals surface area contributed by atoms with E-state index >= 15 is 0 Å². The molecular formula is C13H19N3O5. The molecule has 2 atom stereocenters. The zero-order valence-electron chi connectivity index (χ0n) is 11.9. The molecular weight excluding hydrogens is 278 g/mol. The lowest BCUT2D eigenvalue weighted by Crippen LogP contribution is -2.64. The fourth-order valence-corrected chi connectivity index (χ4v) is 2.86. The second-order valence-electron chi connectivity index (χ2n) is 5.29. The molecule has 0 aromatic heterocycles. The summed E-state index contributed by atoms with van der Waals surface area (Å²) < 4.78 is 0. The summed E-state index contributed by atoms with van der Waals surface area (Å²) in [5.41, 5.74) is 0. The van der Waals surface area contributed by atoms with E-state index < -0.39 is 35.9 Å². The summed E-state index contributed by atoms with van der Waals surface area (Å²) in [4.78, 5) is 49.6. The van der Waals surface area contributed by atoms with Crippen LogP contribution in [0.1, 0.15) is 32.6 Å². The Morgan fingerprint density at radius 1 is 1.29 bits per heavy atom. The third kappa shape index (κ3) is 2.98. The first-order chi connectivity index (χ1) is 9.95. The second-order valence-corrected chi connectivity index (χ2v) is 5.29. The zero-order valence-corrected chi connectivity index (χ0v) is 11.9. The van der Waals surface area contributed by atoms with Crippen LogP contribution >= 0.6 is 0 Å². The highest BCUT2D eigenvalue weighted by Gasteiger charge is 2.41. The van der Waals surface area contributed by atoms with E-state index in [0.717, 1.165) is 12.8 Å². The molecule has 0 aliphatic carbocycles. The molecule has 0 bridgehead atoms. The van der Waals surface area contributed by atoms with Crippen molar-refractivity contribution in [3.8, 4) is 0 Å². The van der Waals surface area contributed by atoms with Crippen molar-refractivity contribution in [1.29, 1.82) is 0 Å². The fraction of sp³-hybridized carbons (Fsp3) is 0.692. The van der Waals surface area contributed by atoms with Crippen molar-refractivity contribution in [2.45, 2.75) is 44.7 Å². The summed E-state index contributed by atoms with van der Waals surface area (Å²) in [6, 6.07) is -2.16. The van der Waals surface area contributed by atoms with Gasteiger partial charge in [-0.15, -0.1) is 0 Å². The number of nitrogens with zero attached hydrogens (tertiary/aromatic N) is 2. The van der Waals surface area contributed by atoms with E-state index in [1.807, 2.05) is 0 Å². The maximum Gasteiger partial charge on any atom is 0.326 e. The number of carbonyl (C=O) groups is 4. The number of carboxylic acid groups (broad SMARTS) is 1. The number of nitrogens with one attached hydrogen (secondary N) is 1. The molecule has 2 saturated heterocycles. The van der Waals surface area contributed by atoms with Crippen LogP contribution in [-0.4, -0.2) is 63.9 Å². The van der Waals surface area contributed by atoms with Gasteiger partial charge in [0.05, 0.1) is 0 Å². The number of rotatable bonds is 2. The minimum Gasteiger partial charge on any atom is -0.480 e. The van der Waals surface area contributed by atoms with Gasteiger partial charge in [-0.3, -0.25) is 14.9 Å². The van der Waals surface area contributed by atoms with E-state index in [0.29, 0.717) is 19.4 Å². The van der Waals surface area contributed by atoms with Crippen LogP contribution < -0.4 is 5.32 Å². The first kappa shape index (κ1) is 15.3. The number of urea groups is 1. The first-order valence-corrected chi connectivity index (χ1v) is 7.09. The molecule has 2 N–H and O–H groups in total. The smallest absolute Gasteiger partial charge is 0.326 e. The van der Waals surface area contributed by atoms with Crippen LogP contribution in [0.4, 0.5) is 4.79 Å². The normalized spacial score (nSPS) is 26.5. The molecule has 0 saturated carbocycles. The van der Waals surface area contributed by atoms with E-state index in [1.165, 1.54) is 9.80 Å². The highest BCUT2D eigenvalue weighted by Crippen LogP contribution is 2.21. The number of piperazine rings is 1. The SMILES string of the molecule is CCC1C(=O)NC(=O)CN1C(=O)N1CCCCC1C(=O)O. The molecule has 2 heterocycles. The van der Waals surface area contributed by atoms with Crippen LogP contribution in [0.25, 0.3) is 0 Å². The largest absolute Gasteiger partial charge is 0.480 e. The number of likely N-dealkylation sites (tertiary alicyclic amines) is 1. The van der Waals surface area contributed by atoms with Crippen LogP contribution in [-0.2, 0) is 14.4 Å². The van der Waals surface area contributed by atoms with E-state index in [2.05, 4.69) is 5.32 Å². The third-order valence-corrected chi connectivity index (χ3v) is 3.92. The van der Waals surface area contributed by atoms with Crippen molar-refractivity contribution in [1.82, 2.24) is 15.1 Å². The van der Waals surface area contributed by atoms with Gasteiger partial charge in [-0.2, -0.15) is 0 Å². The van der Waals surface area contributed by atoms with Crippen LogP contribution in [0.3, 0.4) is 0 Å². The Morgan fingerprint density at radius 2 is 2.00 bits per heavy atom. The molecule has 21 heavy (non-hydrogen) atoms. The van der Waals surface area contributed by atoms with Gasteiger partial charge >= 0.3 is 12.0 Å². The number of imide groups is 1. The van der Waals surface area contributed by atoms with E-state index in [1.54, 1.807) is 6.92 Å². The summed E-state index contributed by atoms with van der Waals surface area (Å²) in [6.45, 7) is 1.86. The lowest BCUT2D eigenvalue weighted by molar-refractivity contribution is -0.143. The minimum absolute atomic E-state index is 0.216. The predicted octanol–water partition coefficient (Wildman–Crippen LogP) is -0.217. The van der Waals surface area contributed by atoms with Gasteiger partial charge in [-0.25, -0.2) is 9.59 Å². The van der Waals surface area contributed by atoms with Gasteiger partial charge in [0, 0.05) is 6.54 Å². The molecule has 0 aromatic rings. The molecule has 4 amide bonds. The molecule has 2 rings (SSSR count).